The average molecular weight is 408 g/mol. The molecule has 0 heterocycles. The van der Waals surface area contributed by atoms with Crippen LogP contribution in [0.25, 0.3) is 0 Å². The van der Waals surface area contributed by atoms with E-state index in [4.69, 9.17) is 11.4 Å². The van der Waals surface area contributed by atoms with Gasteiger partial charge in [-0.25, -0.2) is 4.79 Å². The first-order chi connectivity index (χ1) is 12.3. The fourth-order valence-corrected chi connectivity index (χ4v) is 2.89. The maximum Gasteiger partial charge on any atom is 1.20 e. The third-order valence-corrected chi connectivity index (χ3v) is 3.99. The van der Waals surface area contributed by atoms with Crippen molar-refractivity contribution in [3.8, 4) is 0 Å². The van der Waals surface area contributed by atoms with Gasteiger partial charge in [-0.15, -0.1) is 0 Å². The molecule has 11 heteroatoms. The smallest absolute Gasteiger partial charge is 0.580 e. The van der Waals surface area contributed by atoms with Gasteiger partial charge in [0.15, 0.2) is 17.3 Å². The number of carbonyl (C=O) groups is 3. The van der Waals surface area contributed by atoms with Gasteiger partial charge in [0.05, 0.1) is 24.2 Å². The standard InChI is InChI=1S/C6H7F3O3.2C5H8O2.Al/c1-2-12-5(11)3-4(10)6(7,8)9;2*1-4(6)3-5(2)7;/h3,10H,2H2,1H3;2*3,6H,1-2H3;/q;;;+3/p-3. The van der Waals surface area contributed by atoms with Crippen LogP contribution in [0.4, 0.5) is 13.2 Å². The first-order valence-electron chi connectivity index (χ1n) is 7.68. The number of halogens is 3. The molecule has 150 valence electrons. The molecule has 0 unspecified atom stereocenters. The van der Waals surface area contributed by atoms with E-state index in [1.54, 1.807) is 0 Å². The van der Waals surface area contributed by atoms with Crippen molar-refractivity contribution in [3.63, 3.8) is 0 Å². The molecule has 0 radical (unpaired) electrons. The molecule has 27 heavy (non-hydrogen) atoms. The zero-order chi connectivity index (χ0) is 21.2. The summed E-state index contributed by atoms with van der Waals surface area (Å²) >= 11 is -3.64. The van der Waals surface area contributed by atoms with E-state index in [2.05, 4.69) is 4.74 Å². The molecule has 0 amide bonds. The molecule has 0 aliphatic carbocycles. The highest BCUT2D eigenvalue weighted by Gasteiger charge is 2.50. The summed E-state index contributed by atoms with van der Waals surface area (Å²) in [6.45, 7) is 6.37. The molecule has 0 saturated heterocycles. The number of alkyl halides is 3. The first-order valence-corrected chi connectivity index (χ1v) is 9.09. The Balaban J connectivity index is 5.69. The lowest BCUT2D eigenvalue weighted by Gasteiger charge is -2.19. The molecule has 0 aromatic rings. The van der Waals surface area contributed by atoms with Crippen molar-refractivity contribution in [1.29, 1.82) is 0 Å². The Hall–Kier alpha value is -2.25. The lowest BCUT2D eigenvalue weighted by molar-refractivity contribution is -0.140. The molecule has 0 saturated carbocycles. The van der Waals surface area contributed by atoms with Crippen molar-refractivity contribution in [2.24, 2.45) is 0 Å². The van der Waals surface area contributed by atoms with Gasteiger partial charge in [0.25, 0.3) is 0 Å². The Morgan fingerprint density at radius 3 is 1.63 bits per heavy atom. The second-order valence-corrected chi connectivity index (χ2v) is 6.42. The van der Waals surface area contributed by atoms with Crippen LogP contribution in [0.5, 0.6) is 0 Å². The maximum atomic E-state index is 13.1. The van der Waals surface area contributed by atoms with Gasteiger partial charge >= 0.3 is 27.3 Å². The molecule has 0 N–H and O–H groups in total. The number of allylic oxidation sites excluding steroid dienone is 5. The van der Waals surface area contributed by atoms with Gasteiger partial charge < -0.3 is 16.1 Å². The van der Waals surface area contributed by atoms with E-state index in [1.807, 2.05) is 0 Å². The normalized spacial score (nSPS) is 13.0. The molecule has 0 bridgehead atoms. The number of hydrogen-bond donors (Lipinski definition) is 0. The minimum absolute atomic E-state index is 0.0487. The SMILES string of the molecule is CCOC(=O)C=C([O][Al]([O]C(C)=CC(C)=O)[O]C(C)=CC(C)=O)C(F)(F)F. The highest BCUT2D eigenvalue weighted by molar-refractivity contribution is 6.37. The van der Waals surface area contributed by atoms with Gasteiger partial charge in [0.1, 0.15) is 0 Å². The van der Waals surface area contributed by atoms with Crippen LogP contribution in [0.2, 0.25) is 0 Å². The highest BCUT2D eigenvalue weighted by Crippen LogP contribution is 2.28. The van der Waals surface area contributed by atoms with Crippen molar-refractivity contribution >= 4 is 32.7 Å². The van der Waals surface area contributed by atoms with E-state index < -0.39 is 44.6 Å². The van der Waals surface area contributed by atoms with Crippen LogP contribution >= 0.6 is 0 Å². The number of ether oxygens (including phenoxy) is 1. The molecule has 0 aliphatic rings. The zero-order valence-corrected chi connectivity index (χ0v) is 16.7. The van der Waals surface area contributed by atoms with Crippen molar-refractivity contribution in [2.45, 2.75) is 40.8 Å². The van der Waals surface area contributed by atoms with Crippen LogP contribution in [0, 0.1) is 0 Å². The Morgan fingerprint density at radius 1 is 0.852 bits per heavy atom. The minimum atomic E-state index is -5.03. The predicted molar refractivity (Wildman–Crippen MR) is 88.7 cm³/mol. The van der Waals surface area contributed by atoms with Gasteiger partial charge in [-0.3, -0.25) is 9.59 Å². The van der Waals surface area contributed by atoms with Gasteiger partial charge in [-0.2, -0.15) is 13.2 Å². The van der Waals surface area contributed by atoms with E-state index in [1.165, 1.54) is 34.6 Å². The Labute approximate surface area is 159 Å². The summed E-state index contributed by atoms with van der Waals surface area (Å²) in [7, 11) is 0. The number of esters is 1. The Morgan fingerprint density at radius 2 is 1.30 bits per heavy atom. The van der Waals surface area contributed by atoms with Gasteiger partial charge in [-0.05, 0) is 34.6 Å². The molecular weight excluding hydrogens is 388 g/mol. The Kier molecular flexibility index (Phi) is 10.5. The largest absolute Gasteiger partial charge is 1.20 e. The topological polar surface area (TPSA) is 88.1 Å². The number of hydrogen-bond acceptors (Lipinski definition) is 7. The summed E-state index contributed by atoms with van der Waals surface area (Å²) in [6.07, 6.45) is -2.84. The number of rotatable bonds is 10. The maximum absolute atomic E-state index is 13.1. The molecule has 0 aromatic carbocycles. The summed E-state index contributed by atoms with van der Waals surface area (Å²) in [6, 6.07) is 0. The van der Waals surface area contributed by atoms with Gasteiger partial charge in [0, 0.05) is 12.2 Å². The van der Waals surface area contributed by atoms with Crippen LogP contribution in [0.3, 0.4) is 0 Å². The molecule has 0 aromatic heterocycles. The van der Waals surface area contributed by atoms with Crippen LogP contribution in [0.15, 0.2) is 35.5 Å². The molecule has 0 spiro atoms. The van der Waals surface area contributed by atoms with E-state index >= 15 is 0 Å². The quantitative estimate of drug-likeness (QED) is 0.238. The van der Waals surface area contributed by atoms with Crippen LogP contribution in [0.1, 0.15) is 34.6 Å². The third-order valence-electron chi connectivity index (χ3n) is 2.42. The van der Waals surface area contributed by atoms with E-state index in [0.717, 1.165) is 12.2 Å². The zero-order valence-electron chi connectivity index (χ0n) is 15.5. The summed E-state index contributed by atoms with van der Waals surface area (Å²) < 4.78 is 59.0. The molecule has 0 rings (SSSR count). The monoisotopic (exact) mass is 408 g/mol. The van der Waals surface area contributed by atoms with Crippen LogP contribution in [-0.4, -0.2) is 45.5 Å². The lowest BCUT2D eigenvalue weighted by Crippen LogP contribution is -2.31. The van der Waals surface area contributed by atoms with E-state index in [9.17, 15) is 27.6 Å². The average Bonchev–Trinajstić information content (AvgIpc) is 2.43. The van der Waals surface area contributed by atoms with Crippen molar-refractivity contribution in [1.82, 2.24) is 0 Å². The summed E-state index contributed by atoms with van der Waals surface area (Å²) in [5.74, 6) is -3.85. The second kappa shape index (κ2) is 11.5. The van der Waals surface area contributed by atoms with Crippen molar-refractivity contribution in [3.05, 3.63) is 35.5 Å². The number of carbonyl (C=O) groups excluding carboxylic acids is 3. The van der Waals surface area contributed by atoms with Crippen molar-refractivity contribution in [2.75, 3.05) is 6.61 Å². The fourth-order valence-electron chi connectivity index (χ4n) is 1.59. The Bertz CT molecular complexity index is 619. The summed E-state index contributed by atoms with van der Waals surface area (Å²) in [5, 5.41) is 0. The molecule has 0 aliphatic heterocycles. The van der Waals surface area contributed by atoms with E-state index in [0.29, 0.717) is 0 Å². The molecule has 0 fully saturated rings. The van der Waals surface area contributed by atoms with Gasteiger partial charge in [-0.1, -0.05) is 0 Å². The predicted octanol–water partition coefficient (Wildman–Crippen LogP) is 3.02. The minimum Gasteiger partial charge on any atom is -0.580 e. The highest BCUT2D eigenvalue weighted by atomic mass is 27.3. The second-order valence-electron chi connectivity index (χ2n) is 5.13. The summed E-state index contributed by atoms with van der Waals surface area (Å²) in [4.78, 5) is 33.5. The lowest BCUT2D eigenvalue weighted by atomic mass is 10.4. The first kappa shape index (κ1) is 24.8. The van der Waals surface area contributed by atoms with Crippen LogP contribution < -0.4 is 0 Å². The number of ketones is 2. The molecule has 0 atom stereocenters. The summed E-state index contributed by atoms with van der Waals surface area (Å²) in [5.41, 5.74) is 0. The third kappa shape index (κ3) is 11.9. The fraction of sp³-hybridized carbons (Fsp3) is 0.438. The molecular formula is C16H20AlF3O7. The molecule has 7 nitrogen and oxygen atoms in total. The van der Waals surface area contributed by atoms with Crippen LogP contribution in [-0.2, 0) is 30.5 Å². The van der Waals surface area contributed by atoms with E-state index in [-0.39, 0.29) is 24.2 Å². The van der Waals surface area contributed by atoms with Crippen molar-refractivity contribution < 1.29 is 43.7 Å². The van der Waals surface area contributed by atoms with Gasteiger partial charge in [0.2, 0.25) is 0 Å².